The Morgan fingerprint density at radius 1 is 1.03 bits per heavy atom. The topological polar surface area (TPSA) is 52.7 Å². The first-order valence-corrected chi connectivity index (χ1v) is 10.1. The number of piperidine rings is 1. The Morgan fingerprint density at radius 3 is 2.45 bits per heavy atom. The fourth-order valence-electron chi connectivity index (χ4n) is 4.61. The summed E-state index contributed by atoms with van der Waals surface area (Å²) in [6.07, 6.45) is 2.02. The molecule has 152 valence electrons. The van der Waals surface area contributed by atoms with Gasteiger partial charge in [0.2, 0.25) is 11.8 Å². The lowest BCUT2D eigenvalue weighted by molar-refractivity contribution is -0.123. The van der Waals surface area contributed by atoms with Gasteiger partial charge in [0.25, 0.3) is 0 Å². The molecule has 0 radical (unpaired) electrons. The van der Waals surface area contributed by atoms with Crippen molar-refractivity contribution in [3.63, 3.8) is 0 Å². The molecular formula is C23H26FN3O2. The molecule has 0 unspecified atom stereocenters. The van der Waals surface area contributed by atoms with Gasteiger partial charge in [0.1, 0.15) is 5.82 Å². The summed E-state index contributed by atoms with van der Waals surface area (Å²) in [5.74, 6) is -0.390. The number of fused-ring (bicyclic) bond motifs is 1. The van der Waals surface area contributed by atoms with Crippen LogP contribution < -0.4 is 10.2 Å². The minimum atomic E-state index is -0.725. The summed E-state index contributed by atoms with van der Waals surface area (Å²) in [7, 11) is 0. The number of carbonyl (C=O) groups excluding carboxylic acids is 2. The molecule has 2 aromatic carbocycles. The predicted molar refractivity (Wildman–Crippen MR) is 110 cm³/mol. The Kier molecular flexibility index (Phi) is 5.37. The highest BCUT2D eigenvalue weighted by Gasteiger charge is 2.39. The van der Waals surface area contributed by atoms with Crippen molar-refractivity contribution in [3.8, 4) is 0 Å². The fourth-order valence-corrected chi connectivity index (χ4v) is 4.61. The molecule has 0 aliphatic carbocycles. The van der Waals surface area contributed by atoms with E-state index in [1.807, 2.05) is 23.1 Å². The zero-order valence-corrected chi connectivity index (χ0v) is 16.7. The molecule has 0 atom stereocenters. The Morgan fingerprint density at radius 2 is 1.72 bits per heavy atom. The van der Waals surface area contributed by atoms with Gasteiger partial charge in [-0.15, -0.1) is 0 Å². The van der Waals surface area contributed by atoms with E-state index in [0.29, 0.717) is 38.0 Å². The predicted octanol–water partition coefficient (Wildman–Crippen LogP) is 2.84. The third-order valence-corrected chi connectivity index (χ3v) is 6.06. The number of carbonyl (C=O) groups is 2. The SMILES string of the molecule is CC(=O)NC1(c2ccccc2F)CCN(CC(=O)N2CCc3ccccc32)CC1. The molecule has 29 heavy (non-hydrogen) atoms. The van der Waals surface area contributed by atoms with Crippen LogP contribution >= 0.6 is 0 Å². The standard InChI is InChI=1S/C23H26FN3O2/c1-17(28)25-23(19-7-3-4-8-20(19)24)11-14-26(15-12-23)16-22(29)27-13-10-18-6-2-5-9-21(18)27/h2-9H,10-16H2,1H3,(H,25,28). The molecule has 0 aromatic heterocycles. The number of benzene rings is 2. The Labute approximate surface area is 170 Å². The van der Waals surface area contributed by atoms with Crippen molar-refractivity contribution in [1.29, 1.82) is 0 Å². The van der Waals surface area contributed by atoms with Gasteiger partial charge in [-0.05, 0) is 37.0 Å². The number of anilines is 1. The molecule has 2 amide bonds. The first-order valence-electron chi connectivity index (χ1n) is 10.1. The van der Waals surface area contributed by atoms with Gasteiger partial charge < -0.3 is 10.2 Å². The summed E-state index contributed by atoms with van der Waals surface area (Å²) >= 11 is 0. The number of para-hydroxylation sites is 1. The summed E-state index contributed by atoms with van der Waals surface area (Å²) in [6, 6.07) is 14.6. The van der Waals surface area contributed by atoms with Gasteiger partial charge in [0.15, 0.2) is 0 Å². The van der Waals surface area contributed by atoms with Crippen LogP contribution in [0.2, 0.25) is 0 Å². The maximum Gasteiger partial charge on any atom is 0.241 e. The van der Waals surface area contributed by atoms with E-state index in [9.17, 15) is 14.0 Å². The molecule has 1 N–H and O–H groups in total. The number of amides is 2. The Bertz CT molecular complexity index is 922. The van der Waals surface area contributed by atoms with Crippen molar-refractivity contribution < 1.29 is 14.0 Å². The lowest BCUT2D eigenvalue weighted by Gasteiger charge is -2.42. The third kappa shape index (κ3) is 3.90. The zero-order valence-electron chi connectivity index (χ0n) is 16.7. The number of likely N-dealkylation sites (tertiary alicyclic amines) is 1. The van der Waals surface area contributed by atoms with E-state index in [1.54, 1.807) is 18.2 Å². The van der Waals surface area contributed by atoms with Crippen molar-refractivity contribution in [3.05, 3.63) is 65.5 Å². The second-order valence-corrected chi connectivity index (χ2v) is 7.94. The molecule has 2 aliphatic heterocycles. The van der Waals surface area contributed by atoms with E-state index >= 15 is 0 Å². The number of halogens is 1. The lowest BCUT2D eigenvalue weighted by Crippen LogP contribution is -2.54. The summed E-state index contributed by atoms with van der Waals surface area (Å²) in [5, 5.41) is 2.99. The van der Waals surface area contributed by atoms with Gasteiger partial charge >= 0.3 is 0 Å². The third-order valence-electron chi connectivity index (χ3n) is 6.06. The monoisotopic (exact) mass is 395 g/mol. The number of nitrogens with one attached hydrogen (secondary N) is 1. The maximum atomic E-state index is 14.5. The highest BCUT2D eigenvalue weighted by molar-refractivity contribution is 5.96. The molecule has 0 saturated carbocycles. The van der Waals surface area contributed by atoms with Crippen molar-refractivity contribution >= 4 is 17.5 Å². The molecule has 5 nitrogen and oxygen atoms in total. The molecule has 0 spiro atoms. The molecule has 6 heteroatoms. The van der Waals surface area contributed by atoms with Crippen LogP contribution in [0.5, 0.6) is 0 Å². The largest absolute Gasteiger partial charge is 0.347 e. The minimum Gasteiger partial charge on any atom is -0.347 e. The van der Waals surface area contributed by atoms with Crippen LogP contribution in [0.3, 0.4) is 0 Å². The van der Waals surface area contributed by atoms with Crippen molar-refractivity contribution in [1.82, 2.24) is 10.2 Å². The van der Waals surface area contributed by atoms with Crippen LogP contribution in [0.15, 0.2) is 48.5 Å². The molecular weight excluding hydrogens is 369 g/mol. The molecule has 2 heterocycles. The van der Waals surface area contributed by atoms with Crippen LogP contribution in [0.4, 0.5) is 10.1 Å². The summed E-state index contributed by atoms with van der Waals surface area (Å²) < 4.78 is 14.5. The molecule has 4 rings (SSSR count). The van der Waals surface area contributed by atoms with Crippen LogP contribution in [-0.4, -0.2) is 42.9 Å². The summed E-state index contributed by atoms with van der Waals surface area (Å²) in [4.78, 5) is 28.7. The number of rotatable bonds is 4. The Balaban J connectivity index is 1.45. The first-order chi connectivity index (χ1) is 14.0. The van der Waals surface area contributed by atoms with Crippen LogP contribution in [0, 0.1) is 5.82 Å². The minimum absolute atomic E-state index is 0.0906. The zero-order chi connectivity index (χ0) is 20.4. The van der Waals surface area contributed by atoms with Crippen molar-refractivity contribution in [2.45, 2.75) is 31.7 Å². The van der Waals surface area contributed by atoms with Gasteiger partial charge in [0.05, 0.1) is 12.1 Å². The normalized spacial score (nSPS) is 18.3. The van der Waals surface area contributed by atoms with Crippen LogP contribution in [-0.2, 0) is 21.5 Å². The van der Waals surface area contributed by atoms with E-state index in [4.69, 9.17) is 0 Å². The van der Waals surface area contributed by atoms with Gasteiger partial charge in [-0.3, -0.25) is 14.5 Å². The van der Waals surface area contributed by atoms with E-state index in [1.165, 1.54) is 18.6 Å². The van der Waals surface area contributed by atoms with Gasteiger partial charge in [-0.2, -0.15) is 0 Å². The van der Waals surface area contributed by atoms with E-state index in [0.717, 1.165) is 18.7 Å². The molecule has 1 fully saturated rings. The second kappa shape index (κ2) is 7.95. The number of hydrogen-bond donors (Lipinski definition) is 1. The quantitative estimate of drug-likeness (QED) is 0.866. The van der Waals surface area contributed by atoms with E-state index in [2.05, 4.69) is 16.3 Å². The van der Waals surface area contributed by atoms with Gasteiger partial charge in [0, 0.05) is 37.8 Å². The van der Waals surface area contributed by atoms with Gasteiger partial charge in [-0.25, -0.2) is 4.39 Å². The number of nitrogens with zero attached hydrogens (tertiary/aromatic N) is 2. The highest BCUT2D eigenvalue weighted by atomic mass is 19.1. The maximum absolute atomic E-state index is 14.5. The Hall–Kier alpha value is -2.73. The average molecular weight is 395 g/mol. The van der Waals surface area contributed by atoms with Crippen molar-refractivity contribution in [2.24, 2.45) is 0 Å². The van der Waals surface area contributed by atoms with Crippen molar-refractivity contribution in [2.75, 3.05) is 31.1 Å². The summed E-state index contributed by atoms with van der Waals surface area (Å²) in [5.41, 5.74) is 2.02. The first kappa shape index (κ1) is 19.6. The average Bonchev–Trinajstić information content (AvgIpc) is 3.14. The van der Waals surface area contributed by atoms with Gasteiger partial charge in [-0.1, -0.05) is 36.4 Å². The van der Waals surface area contributed by atoms with E-state index in [-0.39, 0.29) is 17.6 Å². The molecule has 0 bridgehead atoms. The molecule has 2 aliphatic rings. The van der Waals surface area contributed by atoms with E-state index < -0.39 is 5.54 Å². The summed E-state index contributed by atoms with van der Waals surface area (Å²) in [6.45, 7) is 3.76. The lowest BCUT2D eigenvalue weighted by atomic mass is 9.80. The second-order valence-electron chi connectivity index (χ2n) is 7.94. The number of hydrogen-bond acceptors (Lipinski definition) is 3. The fraction of sp³-hybridized carbons (Fsp3) is 0.391. The molecule has 2 aromatic rings. The van der Waals surface area contributed by atoms with Crippen LogP contribution in [0.1, 0.15) is 30.9 Å². The molecule has 1 saturated heterocycles. The van der Waals surface area contributed by atoms with Crippen LogP contribution in [0.25, 0.3) is 0 Å². The smallest absolute Gasteiger partial charge is 0.241 e. The highest BCUT2D eigenvalue weighted by Crippen LogP contribution is 2.35.